The monoisotopic (exact) mass is 253 g/mol. The first-order chi connectivity index (χ1) is 8.62. The predicted octanol–water partition coefficient (Wildman–Crippen LogP) is 1.00. The Bertz CT molecular complexity index is 427. The molecule has 1 heterocycles. The summed E-state index contributed by atoms with van der Waals surface area (Å²) in [5.41, 5.74) is 6.11. The second kappa shape index (κ2) is 6.63. The molecule has 0 saturated heterocycles. The lowest BCUT2D eigenvalue weighted by Crippen LogP contribution is -2.34. The molecule has 0 aromatic carbocycles. The van der Waals surface area contributed by atoms with Gasteiger partial charge in [-0.15, -0.1) is 0 Å². The summed E-state index contributed by atoms with van der Waals surface area (Å²) in [7, 11) is 0. The number of carbonyl (C=O) groups excluding carboxylic acids is 1. The van der Waals surface area contributed by atoms with E-state index in [1.165, 1.54) is 0 Å². The Morgan fingerprint density at radius 3 is 2.89 bits per heavy atom. The van der Waals surface area contributed by atoms with E-state index in [9.17, 15) is 4.79 Å². The molecule has 1 rings (SSSR count). The lowest BCUT2D eigenvalue weighted by Gasteiger charge is -2.13. The van der Waals surface area contributed by atoms with Crippen LogP contribution in [0.3, 0.4) is 0 Å². The summed E-state index contributed by atoms with van der Waals surface area (Å²) >= 11 is 0. The van der Waals surface area contributed by atoms with E-state index in [1.807, 2.05) is 13.8 Å². The molecule has 0 spiro atoms. The van der Waals surface area contributed by atoms with Crippen LogP contribution < -0.4 is 11.1 Å². The molecule has 0 fully saturated rings. The van der Waals surface area contributed by atoms with Crippen molar-refractivity contribution < 1.29 is 10.0 Å². The fraction of sp³-hybridized carbons (Fsp3) is 0.545. The predicted molar refractivity (Wildman–Crippen MR) is 68.3 cm³/mol. The van der Waals surface area contributed by atoms with Crippen molar-refractivity contribution in [3.05, 3.63) is 12.4 Å². The van der Waals surface area contributed by atoms with Crippen LogP contribution in [-0.4, -0.2) is 26.7 Å². The average molecular weight is 253 g/mol. The molecule has 1 amide bonds. The van der Waals surface area contributed by atoms with Gasteiger partial charge in [0.25, 0.3) is 0 Å². The number of amidine groups is 1. The zero-order chi connectivity index (χ0) is 13.5. The van der Waals surface area contributed by atoms with Crippen molar-refractivity contribution in [2.75, 3.05) is 5.32 Å². The maximum absolute atomic E-state index is 12.0. The first kappa shape index (κ1) is 14.0. The first-order valence-corrected chi connectivity index (χ1v) is 5.93. The third-order valence-corrected chi connectivity index (χ3v) is 2.59. The van der Waals surface area contributed by atoms with E-state index in [1.54, 1.807) is 17.1 Å². The number of nitrogens with zero attached hydrogens (tertiary/aromatic N) is 3. The van der Waals surface area contributed by atoms with Crippen LogP contribution in [0.25, 0.3) is 0 Å². The van der Waals surface area contributed by atoms with Gasteiger partial charge in [-0.2, -0.15) is 5.10 Å². The van der Waals surface area contributed by atoms with Crippen LogP contribution in [0, 0.1) is 5.92 Å². The number of hydrogen-bond acceptors (Lipinski definition) is 4. The van der Waals surface area contributed by atoms with Crippen molar-refractivity contribution in [3.8, 4) is 0 Å². The number of carbonyl (C=O) groups is 1. The molecule has 7 nitrogen and oxygen atoms in total. The number of oxime groups is 1. The number of hydrogen-bond donors (Lipinski definition) is 3. The van der Waals surface area contributed by atoms with Crippen LogP contribution in [0.2, 0.25) is 0 Å². The molecule has 0 radical (unpaired) electrons. The Balaban J connectivity index is 2.72. The minimum absolute atomic E-state index is 0.0720. The van der Waals surface area contributed by atoms with Gasteiger partial charge in [0.1, 0.15) is 0 Å². The third kappa shape index (κ3) is 3.47. The molecule has 4 N–H and O–H groups in total. The molecule has 1 atom stereocenters. The molecule has 7 heteroatoms. The summed E-state index contributed by atoms with van der Waals surface area (Å²) in [6, 6.07) is 0. The standard InChI is InChI=1S/C11H19N5O2/c1-3-5-9(10(12)15-18)11(17)14-8-6-13-16(4-2)7-8/h6-7,9,18H,3-5H2,1-2H3,(H2,12,15)(H,14,17). The van der Waals surface area contributed by atoms with E-state index >= 15 is 0 Å². The van der Waals surface area contributed by atoms with E-state index < -0.39 is 5.92 Å². The van der Waals surface area contributed by atoms with Gasteiger partial charge < -0.3 is 16.3 Å². The normalized spacial score (nSPS) is 13.3. The van der Waals surface area contributed by atoms with Gasteiger partial charge in [0, 0.05) is 12.7 Å². The maximum atomic E-state index is 12.0. The molecule has 0 aliphatic carbocycles. The number of anilines is 1. The fourth-order valence-corrected chi connectivity index (χ4v) is 1.60. The van der Waals surface area contributed by atoms with Gasteiger partial charge in [0.05, 0.1) is 17.8 Å². The van der Waals surface area contributed by atoms with Gasteiger partial charge in [0.15, 0.2) is 5.84 Å². The minimum Gasteiger partial charge on any atom is -0.409 e. The topological polar surface area (TPSA) is 106 Å². The lowest BCUT2D eigenvalue weighted by atomic mass is 10.0. The molecule has 1 unspecified atom stereocenters. The molecule has 1 aromatic rings. The zero-order valence-corrected chi connectivity index (χ0v) is 10.6. The Hall–Kier alpha value is -2.05. The Labute approximate surface area is 106 Å². The second-order valence-electron chi connectivity index (χ2n) is 3.94. The van der Waals surface area contributed by atoms with E-state index in [-0.39, 0.29) is 11.7 Å². The van der Waals surface area contributed by atoms with E-state index in [0.717, 1.165) is 13.0 Å². The van der Waals surface area contributed by atoms with Crippen molar-refractivity contribution in [1.82, 2.24) is 9.78 Å². The highest BCUT2D eigenvalue weighted by Gasteiger charge is 2.22. The van der Waals surface area contributed by atoms with E-state index in [2.05, 4.69) is 15.6 Å². The minimum atomic E-state index is -0.620. The van der Waals surface area contributed by atoms with Crippen molar-refractivity contribution >= 4 is 17.4 Å². The maximum Gasteiger partial charge on any atom is 0.235 e. The third-order valence-electron chi connectivity index (χ3n) is 2.59. The quantitative estimate of drug-likeness (QED) is 0.304. The number of amides is 1. The van der Waals surface area contributed by atoms with Crippen molar-refractivity contribution in [3.63, 3.8) is 0 Å². The summed E-state index contributed by atoms with van der Waals surface area (Å²) in [5.74, 6) is -0.981. The summed E-state index contributed by atoms with van der Waals surface area (Å²) < 4.78 is 1.70. The highest BCUT2D eigenvalue weighted by Crippen LogP contribution is 2.12. The number of rotatable bonds is 6. The molecule has 100 valence electrons. The first-order valence-electron chi connectivity index (χ1n) is 5.93. The van der Waals surface area contributed by atoms with E-state index in [0.29, 0.717) is 12.1 Å². The number of aromatic nitrogens is 2. The second-order valence-corrected chi connectivity index (χ2v) is 3.94. The van der Waals surface area contributed by atoms with Crippen LogP contribution in [0.5, 0.6) is 0 Å². The molecule has 1 aromatic heterocycles. The molecule has 0 aliphatic rings. The zero-order valence-electron chi connectivity index (χ0n) is 10.6. The van der Waals surface area contributed by atoms with Gasteiger partial charge in [-0.1, -0.05) is 18.5 Å². The van der Waals surface area contributed by atoms with Gasteiger partial charge in [0.2, 0.25) is 5.91 Å². The number of nitrogens with two attached hydrogens (primary N) is 1. The van der Waals surface area contributed by atoms with Crippen LogP contribution in [0.4, 0.5) is 5.69 Å². The lowest BCUT2D eigenvalue weighted by molar-refractivity contribution is -0.118. The Morgan fingerprint density at radius 2 is 2.39 bits per heavy atom. The van der Waals surface area contributed by atoms with Crippen LogP contribution in [-0.2, 0) is 11.3 Å². The largest absolute Gasteiger partial charge is 0.409 e. The molecule has 0 saturated carbocycles. The summed E-state index contributed by atoms with van der Waals surface area (Å²) in [6.07, 6.45) is 4.59. The van der Waals surface area contributed by atoms with Crippen molar-refractivity contribution in [2.24, 2.45) is 16.8 Å². The van der Waals surface area contributed by atoms with Crippen molar-refractivity contribution in [1.29, 1.82) is 0 Å². The van der Waals surface area contributed by atoms with Crippen molar-refractivity contribution in [2.45, 2.75) is 33.2 Å². The SMILES string of the molecule is CCCC(C(=O)Nc1cnn(CC)c1)C(N)=NO. The Morgan fingerprint density at radius 1 is 1.67 bits per heavy atom. The summed E-state index contributed by atoms with van der Waals surface area (Å²) in [4.78, 5) is 12.0. The summed E-state index contributed by atoms with van der Waals surface area (Å²) in [5, 5.41) is 18.3. The van der Waals surface area contributed by atoms with Gasteiger partial charge in [-0.3, -0.25) is 9.48 Å². The molecular weight excluding hydrogens is 234 g/mol. The van der Waals surface area contributed by atoms with Crippen LogP contribution in [0.1, 0.15) is 26.7 Å². The van der Waals surface area contributed by atoms with Gasteiger partial charge in [-0.05, 0) is 13.3 Å². The highest BCUT2D eigenvalue weighted by molar-refractivity contribution is 6.07. The van der Waals surface area contributed by atoms with Gasteiger partial charge >= 0.3 is 0 Å². The fourth-order valence-electron chi connectivity index (χ4n) is 1.60. The molecule has 0 bridgehead atoms. The smallest absolute Gasteiger partial charge is 0.235 e. The summed E-state index contributed by atoms with van der Waals surface area (Å²) in [6.45, 7) is 4.61. The van der Waals surface area contributed by atoms with Crippen LogP contribution >= 0.6 is 0 Å². The average Bonchev–Trinajstić information content (AvgIpc) is 2.82. The number of aryl methyl sites for hydroxylation is 1. The van der Waals surface area contributed by atoms with Crippen LogP contribution in [0.15, 0.2) is 17.5 Å². The van der Waals surface area contributed by atoms with E-state index in [4.69, 9.17) is 10.9 Å². The highest BCUT2D eigenvalue weighted by atomic mass is 16.4. The van der Waals surface area contributed by atoms with Gasteiger partial charge in [-0.25, -0.2) is 0 Å². The molecular formula is C11H19N5O2. The molecule has 0 aliphatic heterocycles. The number of nitrogens with one attached hydrogen (secondary N) is 1. The Kier molecular flexibility index (Phi) is 5.16. The molecule has 18 heavy (non-hydrogen) atoms.